The fourth-order valence-electron chi connectivity index (χ4n) is 3.91. The highest BCUT2D eigenvalue weighted by molar-refractivity contribution is 4.92. The number of ether oxygens (including phenoxy) is 1. The first kappa shape index (κ1) is 12.4. The van der Waals surface area contributed by atoms with Crippen LogP contribution in [0.4, 0.5) is 0 Å². The standard InChI is InChI=1S/C14H27NO/c1-4-16-10(2)14(15-3)9-13-8-11-5-6-12(13)7-11/h10-15H,4-9H2,1-3H3. The van der Waals surface area contributed by atoms with Crippen molar-refractivity contribution >= 4 is 0 Å². The van der Waals surface area contributed by atoms with Gasteiger partial charge in [0.15, 0.2) is 0 Å². The van der Waals surface area contributed by atoms with E-state index < -0.39 is 0 Å². The van der Waals surface area contributed by atoms with E-state index in [-0.39, 0.29) is 0 Å². The van der Waals surface area contributed by atoms with Gasteiger partial charge in [-0.05, 0) is 64.3 Å². The lowest BCUT2D eigenvalue weighted by atomic mass is 9.83. The first-order valence-electron chi connectivity index (χ1n) is 7.03. The Balaban J connectivity index is 1.82. The summed E-state index contributed by atoms with van der Waals surface area (Å²) < 4.78 is 5.72. The highest BCUT2D eigenvalue weighted by Gasteiger charge is 2.40. The lowest BCUT2D eigenvalue weighted by Gasteiger charge is -2.30. The lowest BCUT2D eigenvalue weighted by molar-refractivity contribution is 0.0397. The van der Waals surface area contributed by atoms with Gasteiger partial charge in [-0.2, -0.15) is 0 Å². The van der Waals surface area contributed by atoms with Crippen LogP contribution in [0.3, 0.4) is 0 Å². The molecule has 2 aliphatic carbocycles. The van der Waals surface area contributed by atoms with Gasteiger partial charge in [0.1, 0.15) is 0 Å². The molecule has 0 aromatic heterocycles. The lowest BCUT2D eigenvalue weighted by Crippen LogP contribution is -2.39. The summed E-state index contributed by atoms with van der Waals surface area (Å²) in [4.78, 5) is 0. The van der Waals surface area contributed by atoms with E-state index in [1.807, 2.05) is 0 Å². The molecule has 0 aromatic rings. The Bertz CT molecular complexity index is 219. The average molecular weight is 225 g/mol. The molecule has 2 heteroatoms. The molecular weight excluding hydrogens is 198 g/mol. The molecule has 0 saturated heterocycles. The second-order valence-electron chi connectivity index (χ2n) is 5.73. The van der Waals surface area contributed by atoms with Gasteiger partial charge < -0.3 is 10.1 Å². The van der Waals surface area contributed by atoms with Crippen molar-refractivity contribution in [3.05, 3.63) is 0 Å². The SMILES string of the molecule is CCOC(C)C(CC1CC2CCC1C2)NC. The summed E-state index contributed by atoms with van der Waals surface area (Å²) in [6.07, 6.45) is 7.68. The summed E-state index contributed by atoms with van der Waals surface area (Å²) in [5.41, 5.74) is 0. The van der Waals surface area contributed by atoms with Crippen molar-refractivity contribution in [2.45, 2.75) is 58.1 Å². The third-order valence-electron chi connectivity index (χ3n) is 4.81. The first-order chi connectivity index (χ1) is 7.74. The second-order valence-corrected chi connectivity index (χ2v) is 5.73. The van der Waals surface area contributed by atoms with Gasteiger partial charge in [-0.3, -0.25) is 0 Å². The number of fused-ring (bicyclic) bond motifs is 2. The molecule has 5 atom stereocenters. The molecule has 2 saturated carbocycles. The Morgan fingerprint density at radius 2 is 2.12 bits per heavy atom. The zero-order valence-electron chi connectivity index (χ0n) is 11.0. The van der Waals surface area contributed by atoms with Gasteiger partial charge in [-0.25, -0.2) is 0 Å². The summed E-state index contributed by atoms with van der Waals surface area (Å²) >= 11 is 0. The zero-order chi connectivity index (χ0) is 11.5. The normalized spacial score (nSPS) is 36.6. The fourth-order valence-corrected chi connectivity index (χ4v) is 3.91. The minimum absolute atomic E-state index is 0.356. The van der Waals surface area contributed by atoms with Crippen LogP contribution in [0.25, 0.3) is 0 Å². The molecule has 2 aliphatic rings. The predicted molar refractivity (Wildman–Crippen MR) is 67.5 cm³/mol. The van der Waals surface area contributed by atoms with E-state index in [1.165, 1.54) is 32.1 Å². The Labute approximate surface area is 100 Å². The van der Waals surface area contributed by atoms with E-state index >= 15 is 0 Å². The molecule has 2 rings (SSSR count). The molecule has 2 nitrogen and oxygen atoms in total. The summed E-state index contributed by atoms with van der Waals surface area (Å²) in [6.45, 7) is 5.12. The molecule has 94 valence electrons. The van der Waals surface area contributed by atoms with E-state index in [9.17, 15) is 0 Å². The predicted octanol–water partition coefficient (Wildman–Crippen LogP) is 2.83. The van der Waals surface area contributed by atoms with E-state index in [2.05, 4.69) is 26.2 Å². The average Bonchev–Trinajstić information content (AvgIpc) is 2.87. The maximum Gasteiger partial charge on any atom is 0.0699 e. The van der Waals surface area contributed by atoms with Crippen molar-refractivity contribution in [3.63, 3.8) is 0 Å². The number of rotatable bonds is 6. The van der Waals surface area contributed by atoms with Crippen LogP contribution in [-0.2, 0) is 4.74 Å². The highest BCUT2D eigenvalue weighted by atomic mass is 16.5. The van der Waals surface area contributed by atoms with Crippen molar-refractivity contribution in [2.75, 3.05) is 13.7 Å². The van der Waals surface area contributed by atoms with Gasteiger partial charge >= 0.3 is 0 Å². The molecule has 0 aromatic carbocycles. The largest absolute Gasteiger partial charge is 0.377 e. The minimum atomic E-state index is 0.356. The van der Waals surface area contributed by atoms with Gasteiger partial charge in [-0.15, -0.1) is 0 Å². The van der Waals surface area contributed by atoms with Crippen molar-refractivity contribution in [1.82, 2.24) is 5.32 Å². The van der Waals surface area contributed by atoms with Crippen LogP contribution < -0.4 is 5.32 Å². The van der Waals surface area contributed by atoms with E-state index in [0.717, 1.165) is 24.4 Å². The number of nitrogens with one attached hydrogen (secondary N) is 1. The molecule has 0 radical (unpaired) electrons. The molecule has 16 heavy (non-hydrogen) atoms. The Morgan fingerprint density at radius 1 is 1.31 bits per heavy atom. The van der Waals surface area contributed by atoms with Crippen LogP contribution in [0.15, 0.2) is 0 Å². The van der Waals surface area contributed by atoms with Gasteiger partial charge in [0, 0.05) is 12.6 Å². The molecule has 5 unspecified atom stereocenters. The Morgan fingerprint density at radius 3 is 2.62 bits per heavy atom. The third kappa shape index (κ3) is 2.60. The van der Waals surface area contributed by atoms with Crippen LogP contribution in [0, 0.1) is 17.8 Å². The van der Waals surface area contributed by atoms with Crippen molar-refractivity contribution in [3.8, 4) is 0 Å². The van der Waals surface area contributed by atoms with Crippen molar-refractivity contribution < 1.29 is 4.74 Å². The molecule has 2 fully saturated rings. The molecule has 0 amide bonds. The molecule has 0 aliphatic heterocycles. The topological polar surface area (TPSA) is 21.3 Å². The Kier molecular flexibility index (Phi) is 4.26. The second kappa shape index (κ2) is 5.50. The third-order valence-corrected chi connectivity index (χ3v) is 4.81. The van der Waals surface area contributed by atoms with E-state index in [1.54, 1.807) is 0 Å². The first-order valence-corrected chi connectivity index (χ1v) is 7.03. The monoisotopic (exact) mass is 225 g/mol. The number of hydrogen-bond donors (Lipinski definition) is 1. The van der Waals surface area contributed by atoms with Crippen LogP contribution in [-0.4, -0.2) is 25.8 Å². The van der Waals surface area contributed by atoms with Crippen LogP contribution >= 0.6 is 0 Å². The van der Waals surface area contributed by atoms with Crippen LogP contribution in [0.5, 0.6) is 0 Å². The molecular formula is C14H27NO. The summed E-state index contributed by atoms with van der Waals surface area (Å²) in [5, 5.41) is 3.45. The van der Waals surface area contributed by atoms with Gasteiger partial charge in [0.2, 0.25) is 0 Å². The van der Waals surface area contributed by atoms with E-state index in [0.29, 0.717) is 12.1 Å². The summed E-state index contributed by atoms with van der Waals surface area (Å²) in [6, 6.07) is 0.546. The molecule has 0 spiro atoms. The maximum absolute atomic E-state index is 5.72. The quantitative estimate of drug-likeness (QED) is 0.750. The van der Waals surface area contributed by atoms with Gasteiger partial charge in [0.25, 0.3) is 0 Å². The zero-order valence-corrected chi connectivity index (χ0v) is 11.0. The van der Waals surface area contributed by atoms with Crippen LogP contribution in [0.2, 0.25) is 0 Å². The summed E-state index contributed by atoms with van der Waals surface area (Å²) in [7, 11) is 2.08. The highest BCUT2D eigenvalue weighted by Crippen LogP contribution is 2.50. The Hall–Kier alpha value is -0.0800. The van der Waals surface area contributed by atoms with Crippen molar-refractivity contribution in [1.29, 1.82) is 0 Å². The maximum atomic E-state index is 5.72. The minimum Gasteiger partial charge on any atom is -0.377 e. The fraction of sp³-hybridized carbons (Fsp3) is 1.00. The number of likely N-dealkylation sites (N-methyl/N-ethyl adjacent to an activating group) is 1. The molecule has 1 N–H and O–H groups in total. The van der Waals surface area contributed by atoms with Gasteiger partial charge in [0.05, 0.1) is 6.10 Å². The van der Waals surface area contributed by atoms with E-state index in [4.69, 9.17) is 4.74 Å². The molecule has 0 heterocycles. The van der Waals surface area contributed by atoms with Crippen LogP contribution in [0.1, 0.15) is 46.0 Å². The van der Waals surface area contributed by atoms with Crippen molar-refractivity contribution in [2.24, 2.45) is 17.8 Å². The molecule has 2 bridgehead atoms. The van der Waals surface area contributed by atoms with Gasteiger partial charge in [-0.1, -0.05) is 6.42 Å². The number of hydrogen-bond acceptors (Lipinski definition) is 2. The smallest absolute Gasteiger partial charge is 0.0699 e. The summed E-state index contributed by atoms with van der Waals surface area (Å²) in [5.74, 6) is 3.07.